The van der Waals surface area contributed by atoms with Crippen LogP contribution in [0.15, 0.2) is 35.7 Å². The summed E-state index contributed by atoms with van der Waals surface area (Å²) in [6.07, 6.45) is 2.88. The van der Waals surface area contributed by atoms with Gasteiger partial charge in [0.25, 0.3) is 5.91 Å². The smallest absolute Gasteiger partial charge is 0.252 e. The predicted molar refractivity (Wildman–Crippen MR) is 98.9 cm³/mol. The van der Waals surface area contributed by atoms with Crippen molar-refractivity contribution in [1.29, 1.82) is 0 Å². The summed E-state index contributed by atoms with van der Waals surface area (Å²) in [5.41, 5.74) is 2.38. The maximum Gasteiger partial charge on any atom is 0.252 e. The Morgan fingerprint density at radius 2 is 2.08 bits per heavy atom. The van der Waals surface area contributed by atoms with E-state index in [1.54, 1.807) is 17.4 Å². The summed E-state index contributed by atoms with van der Waals surface area (Å²) in [5.74, 6) is -0.111. The number of rotatable bonds is 6. The van der Waals surface area contributed by atoms with Crippen LogP contribution >= 0.6 is 22.9 Å². The van der Waals surface area contributed by atoms with Crippen molar-refractivity contribution >= 4 is 39.7 Å². The highest BCUT2D eigenvalue weighted by molar-refractivity contribution is 7.09. The number of carbonyl (C=O) groups is 1. The Bertz CT molecular complexity index is 862. The lowest BCUT2D eigenvalue weighted by atomic mass is 10.1. The number of aromatic nitrogens is 2. The van der Waals surface area contributed by atoms with Crippen molar-refractivity contribution in [3.63, 3.8) is 0 Å². The van der Waals surface area contributed by atoms with E-state index in [4.69, 9.17) is 11.6 Å². The number of hydrogen-bond donors (Lipinski definition) is 1. The van der Waals surface area contributed by atoms with E-state index in [9.17, 15) is 4.79 Å². The van der Waals surface area contributed by atoms with Gasteiger partial charge in [-0.05, 0) is 38.3 Å². The molecule has 0 saturated carbocycles. The number of hydrogen-bond acceptors (Lipinski definition) is 4. The molecule has 6 heteroatoms. The number of nitrogens with zero attached hydrogens (tertiary/aromatic N) is 2. The molecule has 0 saturated heterocycles. The minimum absolute atomic E-state index is 0.111. The van der Waals surface area contributed by atoms with Crippen molar-refractivity contribution in [2.75, 3.05) is 6.54 Å². The summed E-state index contributed by atoms with van der Waals surface area (Å²) in [7, 11) is 0. The average Bonchev–Trinajstić information content (AvgIpc) is 2.99. The molecule has 0 aliphatic rings. The topological polar surface area (TPSA) is 54.9 Å². The molecule has 2 heterocycles. The van der Waals surface area contributed by atoms with Gasteiger partial charge < -0.3 is 5.32 Å². The number of thiazole rings is 1. The minimum atomic E-state index is -0.111. The second-order valence-electron chi connectivity index (χ2n) is 5.61. The first-order chi connectivity index (χ1) is 11.6. The molecule has 0 aliphatic carbocycles. The summed E-state index contributed by atoms with van der Waals surface area (Å²) in [5, 5.41) is 7.34. The quantitative estimate of drug-likeness (QED) is 0.524. The summed E-state index contributed by atoms with van der Waals surface area (Å²) in [6, 6.07) is 9.14. The predicted octanol–water partition coefficient (Wildman–Crippen LogP) is 4.41. The SMILES string of the molecule is Cc1csc(CCCCNC(=O)c2cc(Cl)nc3ccccc23)n1. The largest absolute Gasteiger partial charge is 0.352 e. The van der Waals surface area contributed by atoms with Gasteiger partial charge in [-0.3, -0.25) is 4.79 Å². The molecule has 0 atom stereocenters. The number of benzene rings is 1. The molecule has 0 radical (unpaired) electrons. The van der Waals surface area contributed by atoms with Crippen molar-refractivity contribution in [2.24, 2.45) is 0 Å². The van der Waals surface area contributed by atoms with E-state index < -0.39 is 0 Å². The van der Waals surface area contributed by atoms with Crippen LogP contribution in [0.25, 0.3) is 10.9 Å². The molecule has 124 valence electrons. The molecule has 1 aromatic carbocycles. The first-order valence-electron chi connectivity index (χ1n) is 7.88. The minimum Gasteiger partial charge on any atom is -0.352 e. The fraction of sp³-hybridized carbons (Fsp3) is 0.278. The monoisotopic (exact) mass is 359 g/mol. The van der Waals surface area contributed by atoms with E-state index >= 15 is 0 Å². The third-order valence-corrected chi connectivity index (χ3v) is 4.92. The second-order valence-corrected chi connectivity index (χ2v) is 6.94. The lowest BCUT2D eigenvalue weighted by Gasteiger charge is -2.08. The Labute approximate surface area is 149 Å². The van der Waals surface area contributed by atoms with Crippen LogP contribution in [0.2, 0.25) is 5.15 Å². The van der Waals surface area contributed by atoms with Crippen LogP contribution in [0.5, 0.6) is 0 Å². The van der Waals surface area contributed by atoms with Crippen LogP contribution in [0.4, 0.5) is 0 Å². The Morgan fingerprint density at radius 1 is 1.25 bits per heavy atom. The average molecular weight is 360 g/mol. The van der Waals surface area contributed by atoms with Gasteiger partial charge >= 0.3 is 0 Å². The van der Waals surface area contributed by atoms with Crippen LogP contribution in [-0.2, 0) is 6.42 Å². The molecule has 0 bridgehead atoms. The Balaban J connectivity index is 1.55. The number of para-hydroxylation sites is 1. The van der Waals surface area contributed by atoms with Crippen LogP contribution in [0.3, 0.4) is 0 Å². The summed E-state index contributed by atoms with van der Waals surface area (Å²) >= 11 is 7.72. The normalized spacial score (nSPS) is 10.9. The van der Waals surface area contributed by atoms with Gasteiger partial charge in [-0.2, -0.15) is 0 Å². The number of carbonyl (C=O) groups excluding carboxylic acids is 1. The number of fused-ring (bicyclic) bond motifs is 1. The van der Waals surface area contributed by atoms with E-state index in [0.717, 1.165) is 40.9 Å². The van der Waals surface area contributed by atoms with Crippen LogP contribution in [0, 0.1) is 6.92 Å². The molecule has 1 amide bonds. The highest BCUT2D eigenvalue weighted by Gasteiger charge is 2.11. The van der Waals surface area contributed by atoms with Gasteiger partial charge in [0.15, 0.2) is 0 Å². The van der Waals surface area contributed by atoms with Crippen molar-refractivity contribution < 1.29 is 4.79 Å². The zero-order valence-corrected chi connectivity index (χ0v) is 15.0. The van der Waals surface area contributed by atoms with Gasteiger partial charge in [0.05, 0.1) is 16.1 Å². The fourth-order valence-electron chi connectivity index (χ4n) is 2.55. The van der Waals surface area contributed by atoms with E-state index in [2.05, 4.69) is 20.7 Å². The van der Waals surface area contributed by atoms with Crippen molar-refractivity contribution in [1.82, 2.24) is 15.3 Å². The number of nitrogens with one attached hydrogen (secondary N) is 1. The van der Waals surface area contributed by atoms with Gasteiger partial charge in [-0.15, -0.1) is 11.3 Å². The molecule has 1 N–H and O–H groups in total. The third-order valence-electron chi connectivity index (χ3n) is 3.70. The summed E-state index contributed by atoms with van der Waals surface area (Å²) < 4.78 is 0. The zero-order valence-electron chi connectivity index (χ0n) is 13.4. The Kier molecular flexibility index (Phi) is 5.43. The van der Waals surface area contributed by atoms with E-state index in [1.165, 1.54) is 0 Å². The van der Waals surface area contributed by atoms with E-state index in [-0.39, 0.29) is 5.91 Å². The highest BCUT2D eigenvalue weighted by Crippen LogP contribution is 2.20. The molecule has 2 aromatic heterocycles. The molecule has 3 rings (SSSR count). The second kappa shape index (κ2) is 7.73. The van der Waals surface area contributed by atoms with E-state index in [1.807, 2.05) is 31.2 Å². The molecule has 0 spiro atoms. The Hall–Kier alpha value is -1.98. The summed E-state index contributed by atoms with van der Waals surface area (Å²) in [6.45, 7) is 2.64. The maximum atomic E-state index is 12.4. The fourth-order valence-corrected chi connectivity index (χ4v) is 3.57. The standard InChI is InChI=1S/C18H18ClN3OS/c1-12-11-24-17(21-12)8-4-5-9-20-18(23)14-10-16(19)22-15-7-3-2-6-13(14)15/h2-3,6-7,10-11H,4-5,8-9H2,1H3,(H,20,23). The van der Waals surface area contributed by atoms with Gasteiger partial charge in [-0.1, -0.05) is 29.8 Å². The van der Waals surface area contributed by atoms with Crippen molar-refractivity contribution in [3.05, 3.63) is 57.1 Å². The van der Waals surface area contributed by atoms with Crippen LogP contribution in [-0.4, -0.2) is 22.4 Å². The first-order valence-corrected chi connectivity index (χ1v) is 9.14. The lowest BCUT2D eigenvalue weighted by Crippen LogP contribution is -2.24. The van der Waals surface area contributed by atoms with Gasteiger partial charge in [-0.25, -0.2) is 9.97 Å². The Morgan fingerprint density at radius 3 is 2.88 bits per heavy atom. The molecule has 0 unspecified atom stereocenters. The summed E-state index contributed by atoms with van der Waals surface area (Å²) in [4.78, 5) is 21.1. The van der Waals surface area contributed by atoms with Gasteiger partial charge in [0, 0.05) is 23.0 Å². The molecular weight excluding hydrogens is 342 g/mol. The number of amides is 1. The van der Waals surface area contributed by atoms with E-state index in [0.29, 0.717) is 17.3 Å². The maximum absolute atomic E-state index is 12.4. The number of aryl methyl sites for hydroxylation is 2. The first kappa shape index (κ1) is 16.9. The van der Waals surface area contributed by atoms with Gasteiger partial charge in [0.2, 0.25) is 0 Å². The van der Waals surface area contributed by atoms with Crippen molar-refractivity contribution in [2.45, 2.75) is 26.2 Å². The molecule has 0 fully saturated rings. The molecule has 24 heavy (non-hydrogen) atoms. The molecular formula is C18H18ClN3OS. The zero-order chi connectivity index (χ0) is 16.9. The van der Waals surface area contributed by atoms with Gasteiger partial charge in [0.1, 0.15) is 5.15 Å². The van der Waals surface area contributed by atoms with Crippen LogP contribution in [0.1, 0.15) is 33.9 Å². The molecule has 4 nitrogen and oxygen atoms in total. The highest BCUT2D eigenvalue weighted by atomic mass is 35.5. The molecule has 0 aliphatic heterocycles. The lowest BCUT2D eigenvalue weighted by molar-refractivity contribution is 0.0954. The molecule has 3 aromatic rings. The number of unbranched alkanes of at least 4 members (excludes halogenated alkanes) is 1. The van der Waals surface area contributed by atoms with Crippen LogP contribution < -0.4 is 5.32 Å². The van der Waals surface area contributed by atoms with Crippen molar-refractivity contribution in [3.8, 4) is 0 Å². The number of pyridine rings is 1. The third kappa shape index (κ3) is 4.10. The number of halogens is 1.